The molecule has 1 saturated heterocycles. The fraction of sp³-hybridized carbons (Fsp3) is 0.344. The van der Waals surface area contributed by atoms with E-state index in [0.717, 1.165) is 44.3 Å². The topological polar surface area (TPSA) is 87.2 Å². The average molecular weight is 649 g/mol. The van der Waals surface area contributed by atoms with Crippen molar-refractivity contribution in [2.75, 3.05) is 33.4 Å². The van der Waals surface area contributed by atoms with Gasteiger partial charge in [-0.1, -0.05) is 24.6 Å². The van der Waals surface area contributed by atoms with Crippen molar-refractivity contribution in [3.05, 3.63) is 78.2 Å². The second kappa shape index (κ2) is 13.9. The van der Waals surface area contributed by atoms with Gasteiger partial charge in [-0.3, -0.25) is 4.98 Å². The zero-order valence-corrected chi connectivity index (χ0v) is 25.3. The minimum absolute atomic E-state index is 0.00462. The molecule has 45 heavy (non-hydrogen) atoms. The quantitative estimate of drug-likeness (QED) is 0.117. The summed E-state index contributed by atoms with van der Waals surface area (Å²) in [6.07, 6.45) is 1.02. The molecule has 0 aliphatic carbocycles. The summed E-state index contributed by atoms with van der Waals surface area (Å²) in [5.74, 6) is -1.45. The van der Waals surface area contributed by atoms with E-state index in [9.17, 15) is 21.6 Å². The van der Waals surface area contributed by atoms with Gasteiger partial charge in [0.05, 0.1) is 25.0 Å². The molecule has 3 aromatic carbocycles. The van der Waals surface area contributed by atoms with E-state index in [1.54, 1.807) is 18.2 Å². The van der Waals surface area contributed by atoms with Gasteiger partial charge in [0.15, 0.2) is 32.9 Å². The van der Waals surface area contributed by atoms with Crippen molar-refractivity contribution < 1.29 is 44.9 Å². The summed E-state index contributed by atoms with van der Waals surface area (Å²) < 4.78 is 101. The van der Waals surface area contributed by atoms with Crippen molar-refractivity contribution in [1.29, 1.82) is 0 Å². The third-order valence-electron chi connectivity index (χ3n) is 7.29. The molecule has 0 spiro atoms. The van der Waals surface area contributed by atoms with Crippen LogP contribution in [0.2, 0.25) is 0 Å². The lowest BCUT2D eigenvalue weighted by atomic mass is 10.1. The van der Waals surface area contributed by atoms with Crippen molar-refractivity contribution in [3.8, 4) is 28.7 Å². The number of sulfone groups is 1. The summed E-state index contributed by atoms with van der Waals surface area (Å²) >= 11 is 0. The molecule has 1 aliphatic rings. The molecule has 0 unspecified atom stereocenters. The van der Waals surface area contributed by atoms with Crippen LogP contribution in [0.5, 0.6) is 28.7 Å². The zero-order valence-electron chi connectivity index (χ0n) is 24.5. The number of benzene rings is 3. The number of alkyl halides is 3. The molecule has 1 aromatic heterocycles. The van der Waals surface area contributed by atoms with Gasteiger partial charge in [-0.05, 0) is 74.3 Å². The Bertz CT molecular complexity index is 1740. The number of hydrogen-bond donors (Lipinski definition) is 0. The first-order valence-corrected chi connectivity index (χ1v) is 16.0. The van der Waals surface area contributed by atoms with Crippen molar-refractivity contribution in [2.45, 2.75) is 42.7 Å². The van der Waals surface area contributed by atoms with E-state index >= 15 is 4.39 Å². The number of fused-ring (bicyclic) bond motifs is 1. The number of ether oxygens (including phenoxy) is 4. The van der Waals surface area contributed by atoms with E-state index in [4.69, 9.17) is 14.2 Å². The molecule has 240 valence electrons. The molecule has 0 saturated carbocycles. The van der Waals surface area contributed by atoms with Crippen LogP contribution in [-0.2, 0) is 15.6 Å². The highest BCUT2D eigenvalue weighted by molar-refractivity contribution is 7.90. The number of nitrogens with zero attached hydrogens (tertiary/aromatic N) is 2. The maximum absolute atomic E-state index is 15.2. The van der Waals surface area contributed by atoms with Crippen LogP contribution < -0.4 is 18.9 Å². The lowest BCUT2D eigenvalue weighted by Crippen LogP contribution is -2.31. The number of piperidine rings is 1. The average Bonchev–Trinajstić information content (AvgIpc) is 3.00. The summed E-state index contributed by atoms with van der Waals surface area (Å²) in [6.45, 7) is 3.69. The Hall–Kier alpha value is -4.10. The molecule has 1 fully saturated rings. The van der Waals surface area contributed by atoms with Crippen LogP contribution in [0.4, 0.5) is 17.6 Å². The van der Waals surface area contributed by atoms with Crippen LogP contribution in [0.3, 0.4) is 0 Å². The predicted molar refractivity (Wildman–Crippen MR) is 159 cm³/mol. The first-order chi connectivity index (χ1) is 21.5. The van der Waals surface area contributed by atoms with Crippen LogP contribution in [0.1, 0.15) is 31.2 Å². The van der Waals surface area contributed by atoms with E-state index < -0.39 is 38.4 Å². The Balaban J connectivity index is 1.30. The number of aromatic nitrogens is 1. The van der Waals surface area contributed by atoms with Gasteiger partial charge < -0.3 is 23.8 Å². The molecule has 0 atom stereocenters. The molecule has 8 nitrogen and oxygen atoms in total. The molecule has 1 aliphatic heterocycles. The third kappa shape index (κ3) is 8.34. The highest BCUT2D eigenvalue weighted by Crippen LogP contribution is 2.38. The Kier molecular flexibility index (Phi) is 9.98. The number of hydrogen-bond acceptors (Lipinski definition) is 8. The van der Waals surface area contributed by atoms with Gasteiger partial charge in [-0.25, -0.2) is 12.8 Å². The number of pyridine rings is 1. The van der Waals surface area contributed by atoms with E-state index in [-0.39, 0.29) is 17.1 Å². The van der Waals surface area contributed by atoms with Crippen LogP contribution in [0.25, 0.3) is 10.9 Å². The van der Waals surface area contributed by atoms with Crippen molar-refractivity contribution in [3.63, 3.8) is 0 Å². The smallest absolute Gasteiger partial charge is 0.493 e. The fourth-order valence-corrected chi connectivity index (χ4v) is 6.67. The summed E-state index contributed by atoms with van der Waals surface area (Å²) in [4.78, 5) is 6.17. The molecule has 13 heteroatoms. The van der Waals surface area contributed by atoms with Gasteiger partial charge in [0.1, 0.15) is 16.4 Å². The van der Waals surface area contributed by atoms with Gasteiger partial charge in [-0.15, -0.1) is 13.2 Å². The normalized spacial score (nSPS) is 14.3. The van der Waals surface area contributed by atoms with Crippen molar-refractivity contribution in [1.82, 2.24) is 9.88 Å². The molecule has 4 aromatic rings. The van der Waals surface area contributed by atoms with Crippen LogP contribution in [0.15, 0.2) is 71.8 Å². The van der Waals surface area contributed by atoms with Crippen molar-refractivity contribution in [2.24, 2.45) is 0 Å². The second-order valence-corrected chi connectivity index (χ2v) is 12.5. The third-order valence-corrected chi connectivity index (χ3v) is 9.02. The second-order valence-electron chi connectivity index (χ2n) is 10.6. The first-order valence-electron chi connectivity index (χ1n) is 14.4. The number of methoxy groups -OCH3 is 1. The summed E-state index contributed by atoms with van der Waals surface area (Å²) in [7, 11) is -2.82. The van der Waals surface area contributed by atoms with Gasteiger partial charge >= 0.3 is 6.36 Å². The summed E-state index contributed by atoms with van der Waals surface area (Å²) in [5, 5.41) is 0.530. The number of halogens is 4. The fourth-order valence-electron chi connectivity index (χ4n) is 5.19. The molecular weight excluding hydrogens is 616 g/mol. The lowest BCUT2D eigenvalue weighted by molar-refractivity contribution is -0.275. The summed E-state index contributed by atoms with van der Waals surface area (Å²) in [5.41, 5.74) is 0.534. The Morgan fingerprint density at radius 3 is 2.40 bits per heavy atom. The van der Waals surface area contributed by atoms with Gasteiger partial charge in [0, 0.05) is 24.2 Å². The predicted octanol–water partition coefficient (Wildman–Crippen LogP) is 7.30. The highest BCUT2D eigenvalue weighted by Gasteiger charge is 2.34. The number of para-hydroxylation sites is 1. The SMILES string of the molecule is COc1cc2c(Oc3ccc(CS(=O)(=O)c4ccccc4OC(F)(F)F)cc3F)ccnc2cc1OCCCN1CCCCC1. The van der Waals surface area contributed by atoms with E-state index in [2.05, 4.69) is 14.6 Å². The minimum atomic E-state index is -5.08. The monoisotopic (exact) mass is 648 g/mol. The van der Waals surface area contributed by atoms with Crippen LogP contribution >= 0.6 is 0 Å². The molecule has 0 N–H and O–H groups in total. The molecule has 0 bridgehead atoms. The van der Waals surface area contributed by atoms with Gasteiger partial charge in [-0.2, -0.15) is 0 Å². The summed E-state index contributed by atoms with van der Waals surface area (Å²) in [6, 6.07) is 12.9. The van der Waals surface area contributed by atoms with Gasteiger partial charge in [0.25, 0.3) is 0 Å². The molecule has 5 rings (SSSR count). The first kappa shape index (κ1) is 32.3. The molecule has 2 heterocycles. The lowest BCUT2D eigenvalue weighted by Gasteiger charge is -2.26. The molecular formula is C32H32F4N2O6S. The maximum atomic E-state index is 15.2. The van der Waals surface area contributed by atoms with Crippen LogP contribution in [-0.4, -0.2) is 58.0 Å². The van der Waals surface area contributed by atoms with Crippen LogP contribution in [0, 0.1) is 5.82 Å². The van der Waals surface area contributed by atoms with E-state index in [1.165, 1.54) is 56.8 Å². The van der Waals surface area contributed by atoms with Gasteiger partial charge in [0.2, 0.25) is 0 Å². The number of rotatable bonds is 12. The molecule has 0 amide bonds. The largest absolute Gasteiger partial charge is 0.573 e. The van der Waals surface area contributed by atoms with E-state index in [1.807, 2.05) is 0 Å². The highest BCUT2D eigenvalue weighted by atomic mass is 32.2. The van der Waals surface area contributed by atoms with E-state index in [0.29, 0.717) is 29.0 Å². The maximum Gasteiger partial charge on any atom is 0.573 e. The zero-order chi connectivity index (χ0) is 32.0. The molecule has 0 radical (unpaired) electrons. The Morgan fingerprint density at radius 2 is 1.67 bits per heavy atom. The number of likely N-dealkylation sites (tertiary alicyclic amines) is 1. The standard InChI is InChI=1S/C32H32F4N2O6S/c1-41-29-19-23-25(20-30(29)42-17-7-16-38-14-5-2-6-15-38)37-13-12-26(23)43-27-11-10-22(18-24(27)33)21-45(39,40)31-9-4-3-8-28(31)44-32(34,35)36/h3-4,8-13,18-20H,2,5-7,14-17,21H2,1H3. The van der Waals surface area contributed by atoms with Crippen molar-refractivity contribution >= 4 is 20.7 Å². The minimum Gasteiger partial charge on any atom is -0.493 e. The Labute approximate surface area is 258 Å². The Morgan fingerprint density at radius 1 is 0.889 bits per heavy atom.